The van der Waals surface area contributed by atoms with Gasteiger partial charge in [-0.3, -0.25) is 0 Å². The molecule has 4 heteroatoms. The van der Waals surface area contributed by atoms with Gasteiger partial charge in [0.05, 0.1) is 4.47 Å². The van der Waals surface area contributed by atoms with Crippen LogP contribution in [0, 0.1) is 5.82 Å². The van der Waals surface area contributed by atoms with Gasteiger partial charge < -0.3 is 10.4 Å². The monoisotopic (exact) mass is 273 g/mol. The average molecular weight is 274 g/mol. The van der Waals surface area contributed by atoms with Crippen LogP contribution in [0.4, 0.5) is 4.39 Å². The molecule has 2 nitrogen and oxygen atoms in total. The molecule has 0 aliphatic carbocycles. The summed E-state index contributed by atoms with van der Waals surface area (Å²) in [5, 5.41) is 13.0. The highest BCUT2D eigenvalue weighted by atomic mass is 79.9. The van der Waals surface area contributed by atoms with Gasteiger partial charge in [-0.15, -0.1) is 0 Å². The summed E-state index contributed by atoms with van der Waals surface area (Å²) in [4.78, 5) is 0. The van der Waals surface area contributed by atoms with Crippen LogP contribution in [0.5, 0.6) is 5.75 Å². The third kappa shape index (κ3) is 2.16. The molecule has 1 aliphatic heterocycles. The summed E-state index contributed by atoms with van der Waals surface area (Å²) in [7, 11) is 0. The molecule has 0 aromatic heterocycles. The number of halogens is 2. The first kappa shape index (κ1) is 10.9. The predicted molar refractivity (Wildman–Crippen MR) is 60.4 cm³/mol. The van der Waals surface area contributed by atoms with Crippen LogP contribution in [-0.4, -0.2) is 11.7 Å². The zero-order valence-corrected chi connectivity index (χ0v) is 9.85. The number of hydrogen-bond acceptors (Lipinski definition) is 2. The zero-order chi connectivity index (χ0) is 10.8. The normalized spacial score (nSPS) is 21.6. The Bertz CT molecular complexity index is 364. The second-order valence-electron chi connectivity index (χ2n) is 3.79. The highest BCUT2D eigenvalue weighted by molar-refractivity contribution is 9.10. The van der Waals surface area contributed by atoms with E-state index in [1.807, 2.05) is 0 Å². The molecule has 0 radical (unpaired) electrons. The van der Waals surface area contributed by atoms with Gasteiger partial charge >= 0.3 is 0 Å². The average Bonchev–Trinajstić information content (AvgIpc) is 2.26. The Labute approximate surface area is 96.6 Å². The fourth-order valence-corrected chi connectivity index (χ4v) is 2.33. The first-order chi connectivity index (χ1) is 7.20. The Hall–Kier alpha value is -0.610. The lowest BCUT2D eigenvalue weighted by molar-refractivity contribution is 0.376. The number of benzene rings is 1. The number of nitrogens with one attached hydrogen (secondary N) is 1. The predicted octanol–water partition coefficient (Wildman–Crippen LogP) is 3.11. The number of rotatable bonds is 1. The Balaban J connectivity index is 2.36. The molecule has 82 valence electrons. The molecule has 2 rings (SSSR count). The van der Waals surface area contributed by atoms with Crippen molar-refractivity contribution in [3.8, 4) is 5.75 Å². The van der Waals surface area contributed by atoms with Crippen LogP contribution >= 0.6 is 15.9 Å². The topological polar surface area (TPSA) is 32.3 Å². The highest BCUT2D eigenvalue weighted by Gasteiger charge is 2.22. The zero-order valence-electron chi connectivity index (χ0n) is 8.26. The third-order valence-corrected chi connectivity index (χ3v) is 3.41. The minimum absolute atomic E-state index is 0.0226. The Morgan fingerprint density at radius 1 is 1.40 bits per heavy atom. The van der Waals surface area contributed by atoms with Crippen LogP contribution in [0.25, 0.3) is 0 Å². The van der Waals surface area contributed by atoms with E-state index < -0.39 is 0 Å². The molecule has 1 aromatic rings. The lowest BCUT2D eigenvalue weighted by atomic mass is 9.96. The minimum atomic E-state index is -0.338. The van der Waals surface area contributed by atoms with Crippen molar-refractivity contribution in [3.63, 3.8) is 0 Å². The maximum atomic E-state index is 13.6. The van der Waals surface area contributed by atoms with Crippen molar-refractivity contribution in [1.82, 2.24) is 5.32 Å². The quantitative estimate of drug-likeness (QED) is 0.824. The molecule has 0 spiro atoms. The highest BCUT2D eigenvalue weighted by Crippen LogP contribution is 2.36. The molecule has 1 heterocycles. The summed E-state index contributed by atoms with van der Waals surface area (Å²) in [5.41, 5.74) is 0.393. The molecular weight excluding hydrogens is 261 g/mol. The van der Waals surface area contributed by atoms with Crippen LogP contribution in [0.15, 0.2) is 16.6 Å². The van der Waals surface area contributed by atoms with Gasteiger partial charge in [-0.25, -0.2) is 4.39 Å². The van der Waals surface area contributed by atoms with Crippen LogP contribution < -0.4 is 5.32 Å². The molecule has 0 saturated carbocycles. The smallest absolute Gasteiger partial charge is 0.137 e. The van der Waals surface area contributed by atoms with Gasteiger partial charge in [-0.2, -0.15) is 0 Å². The molecule has 1 saturated heterocycles. The van der Waals surface area contributed by atoms with Gasteiger partial charge in [0.25, 0.3) is 0 Å². The van der Waals surface area contributed by atoms with Crippen molar-refractivity contribution in [1.29, 1.82) is 0 Å². The molecule has 15 heavy (non-hydrogen) atoms. The van der Waals surface area contributed by atoms with Gasteiger partial charge in [0.1, 0.15) is 11.6 Å². The molecule has 2 N–H and O–H groups in total. The number of phenols is 1. The van der Waals surface area contributed by atoms with E-state index in [1.165, 1.54) is 12.1 Å². The summed E-state index contributed by atoms with van der Waals surface area (Å²) in [5.74, 6) is -0.315. The fourth-order valence-electron chi connectivity index (χ4n) is 1.99. The van der Waals surface area contributed by atoms with Crippen molar-refractivity contribution in [2.45, 2.75) is 25.3 Å². The van der Waals surface area contributed by atoms with Gasteiger partial charge in [-0.05, 0) is 47.4 Å². The van der Waals surface area contributed by atoms with E-state index in [4.69, 9.17) is 0 Å². The first-order valence-electron chi connectivity index (χ1n) is 5.10. The van der Waals surface area contributed by atoms with E-state index in [2.05, 4.69) is 21.2 Å². The second kappa shape index (κ2) is 4.49. The standard InChI is InChI=1S/C11H13BrFNO/c12-7-4-5-8(13)10(11(7)15)9-3-1-2-6-14-9/h4-5,9,14-15H,1-3,6H2/t9-/m1/s1. The van der Waals surface area contributed by atoms with Crippen LogP contribution in [0.1, 0.15) is 30.9 Å². The molecule has 1 fully saturated rings. The molecule has 1 aromatic carbocycles. The maximum absolute atomic E-state index is 13.6. The van der Waals surface area contributed by atoms with Crippen molar-refractivity contribution < 1.29 is 9.50 Å². The molecule has 0 unspecified atom stereocenters. The van der Waals surface area contributed by atoms with Crippen LogP contribution in [0.2, 0.25) is 0 Å². The minimum Gasteiger partial charge on any atom is -0.506 e. The Morgan fingerprint density at radius 3 is 2.87 bits per heavy atom. The summed E-state index contributed by atoms with van der Waals surface area (Å²) in [6.07, 6.45) is 3.07. The Morgan fingerprint density at radius 2 is 2.20 bits per heavy atom. The van der Waals surface area contributed by atoms with Gasteiger partial charge in [-0.1, -0.05) is 6.42 Å². The third-order valence-electron chi connectivity index (χ3n) is 2.77. The second-order valence-corrected chi connectivity index (χ2v) is 4.65. The largest absolute Gasteiger partial charge is 0.506 e. The van der Waals surface area contributed by atoms with E-state index in [-0.39, 0.29) is 17.6 Å². The van der Waals surface area contributed by atoms with Crippen LogP contribution in [-0.2, 0) is 0 Å². The lowest BCUT2D eigenvalue weighted by Crippen LogP contribution is -2.27. The van der Waals surface area contributed by atoms with E-state index in [0.29, 0.717) is 10.0 Å². The molecular formula is C11H13BrFNO. The first-order valence-corrected chi connectivity index (χ1v) is 5.89. The van der Waals surface area contributed by atoms with E-state index in [1.54, 1.807) is 0 Å². The van der Waals surface area contributed by atoms with Crippen molar-refractivity contribution in [2.24, 2.45) is 0 Å². The summed E-state index contributed by atoms with van der Waals surface area (Å²) < 4.78 is 14.1. The van der Waals surface area contributed by atoms with E-state index in [0.717, 1.165) is 25.8 Å². The van der Waals surface area contributed by atoms with Gasteiger partial charge in [0.2, 0.25) is 0 Å². The summed E-state index contributed by atoms with van der Waals surface area (Å²) in [6.45, 7) is 0.885. The van der Waals surface area contributed by atoms with E-state index in [9.17, 15) is 9.50 Å². The van der Waals surface area contributed by atoms with Crippen molar-refractivity contribution in [2.75, 3.05) is 6.54 Å². The number of aromatic hydroxyl groups is 1. The molecule has 0 amide bonds. The Kier molecular flexibility index (Phi) is 3.26. The number of phenolic OH excluding ortho intramolecular Hbond substituents is 1. The maximum Gasteiger partial charge on any atom is 0.137 e. The number of piperidine rings is 1. The molecule has 0 bridgehead atoms. The van der Waals surface area contributed by atoms with Gasteiger partial charge in [0.15, 0.2) is 0 Å². The fraction of sp³-hybridized carbons (Fsp3) is 0.455. The number of hydrogen-bond donors (Lipinski definition) is 2. The van der Waals surface area contributed by atoms with Crippen molar-refractivity contribution in [3.05, 3.63) is 28.0 Å². The summed E-state index contributed by atoms with van der Waals surface area (Å²) in [6, 6.07) is 2.85. The lowest BCUT2D eigenvalue weighted by Gasteiger charge is -2.25. The summed E-state index contributed by atoms with van der Waals surface area (Å²) >= 11 is 3.20. The van der Waals surface area contributed by atoms with E-state index >= 15 is 0 Å². The van der Waals surface area contributed by atoms with Gasteiger partial charge in [0, 0.05) is 11.6 Å². The molecule has 1 aliphatic rings. The molecule has 1 atom stereocenters. The van der Waals surface area contributed by atoms with Crippen molar-refractivity contribution >= 4 is 15.9 Å². The SMILES string of the molecule is Oc1c(Br)ccc(F)c1[C@H]1CCCCN1. The van der Waals surface area contributed by atoms with Crippen LogP contribution in [0.3, 0.4) is 0 Å².